The maximum absolute atomic E-state index is 11.6. The fraction of sp³-hybridized carbons (Fsp3) is 0.800. The number of hydrogen-bond donors (Lipinski definition) is 0. The molecule has 2 aliphatic carbocycles. The highest BCUT2D eigenvalue weighted by atomic mass is 16.6. The molecule has 2 heteroatoms. The molecule has 1 saturated heterocycles. The number of hydrogen-bond acceptors (Lipinski definition) is 2. The molecule has 2 saturated carbocycles. The van der Waals surface area contributed by atoms with Crippen LogP contribution in [0.2, 0.25) is 0 Å². The van der Waals surface area contributed by atoms with Crippen molar-refractivity contribution in [3.63, 3.8) is 0 Å². The molecule has 3 fully saturated rings. The van der Waals surface area contributed by atoms with Gasteiger partial charge in [-0.25, -0.2) is 4.79 Å². The van der Waals surface area contributed by atoms with Crippen LogP contribution in [0.3, 0.4) is 0 Å². The molecule has 0 aromatic carbocycles. The van der Waals surface area contributed by atoms with Crippen LogP contribution in [0.25, 0.3) is 0 Å². The van der Waals surface area contributed by atoms with Crippen LogP contribution in [0.15, 0.2) is 12.2 Å². The molecule has 3 rings (SSSR count). The van der Waals surface area contributed by atoms with E-state index >= 15 is 0 Å². The number of esters is 1. The molecule has 0 bridgehead atoms. The average molecular weight is 234 g/mol. The minimum atomic E-state index is -0.146. The molecule has 0 aromatic heterocycles. The van der Waals surface area contributed by atoms with E-state index in [1.54, 1.807) is 0 Å². The lowest BCUT2D eigenvalue weighted by molar-refractivity contribution is -0.139. The van der Waals surface area contributed by atoms with Crippen molar-refractivity contribution >= 4 is 5.97 Å². The molecule has 5 atom stereocenters. The molecular weight excluding hydrogens is 212 g/mol. The molecule has 94 valence electrons. The van der Waals surface area contributed by atoms with E-state index in [0.717, 1.165) is 24.3 Å². The standard InChI is InChI=1S/C15H22O2/c1-9-7-13-11(10(2)14(16)17-13)8-15(3)6-4-5-12(9)15/h9,11-13H,2,4-8H2,1,3H3. The summed E-state index contributed by atoms with van der Waals surface area (Å²) in [5.74, 6) is 1.64. The van der Waals surface area contributed by atoms with Gasteiger partial charge < -0.3 is 4.74 Å². The summed E-state index contributed by atoms with van der Waals surface area (Å²) in [6.45, 7) is 8.71. The lowest BCUT2D eigenvalue weighted by atomic mass is 9.70. The van der Waals surface area contributed by atoms with Crippen molar-refractivity contribution in [3.05, 3.63) is 12.2 Å². The summed E-state index contributed by atoms with van der Waals surface area (Å²) in [5.41, 5.74) is 1.14. The number of ether oxygens (including phenoxy) is 1. The van der Waals surface area contributed by atoms with E-state index in [9.17, 15) is 4.79 Å². The third-order valence-corrected chi connectivity index (χ3v) is 5.55. The van der Waals surface area contributed by atoms with Gasteiger partial charge in [0.15, 0.2) is 0 Å². The van der Waals surface area contributed by atoms with Crippen LogP contribution in [0.1, 0.15) is 46.0 Å². The van der Waals surface area contributed by atoms with Crippen LogP contribution >= 0.6 is 0 Å². The Hall–Kier alpha value is -0.790. The van der Waals surface area contributed by atoms with Crippen LogP contribution in [-0.4, -0.2) is 12.1 Å². The Morgan fingerprint density at radius 1 is 1.47 bits per heavy atom. The summed E-state index contributed by atoms with van der Waals surface area (Å²) in [6.07, 6.45) is 6.29. The Balaban J connectivity index is 1.93. The minimum Gasteiger partial charge on any atom is -0.458 e. The van der Waals surface area contributed by atoms with Gasteiger partial charge in [0.05, 0.1) is 0 Å². The molecular formula is C15H22O2. The van der Waals surface area contributed by atoms with Gasteiger partial charge in [0.2, 0.25) is 0 Å². The van der Waals surface area contributed by atoms with Crippen molar-refractivity contribution in [2.75, 3.05) is 0 Å². The van der Waals surface area contributed by atoms with Gasteiger partial charge in [-0.1, -0.05) is 26.8 Å². The molecule has 17 heavy (non-hydrogen) atoms. The summed E-state index contributed by atoms with van der Waals surface area (Å²) in [5, 5.41) is 0. The second kappa shape index (κ2) is 3.60. The molecule has 0 amide bonds. The number of carbonyl (C=O) groups is 1. The number of carbonyl (C=O) groups excluding carboxylic acids is 1. The quantitative estimate of drug-likeness (QED) is 0.475. The Morgan fingerprint density at radius 3 is 3.00 bits per heavy atom. The maximum Gasteiger partial charge on any atom is 0.334 e. The SMILES string of the molecule is C=C1C(=O)OC2CC(C)C3CCCC3(C)CC12. The van der Waals surface area contributed by atoms with E-state index in [2.05, 4.69) is 20.4 Å². The molecule has 0 aromatic rings. The molecule has 0 N–H and O–H groups in total. The Labute approximate surface area is 103 Å². The predicted molar refractivity (Wildman–Crippen MR) is 66.4 cm³/mol. The van der Waals surface area contributed by atoms with Gasteiger partial charge in [0.1, 0.15) is 6.10 Å². The lowest BCUT2D eigenvalue weighted by Crippen LogP contribution is -2.26. The molecule has 3 aliphatic rings. The van der Waals surface area contributed by atoms with Crippen LogP contribution < -0.4 is 0 Å². The highest BCUT2D eigenvalue weighted by molar-refractivity contribution is 5.90. The highest BCUT2D eigenvalue weighted by Gasteiger charge is 2.51. The molecule has 0 radical (unpaired) electrons. The van der Waals surface area contributed by atoms with Crippen molar-refractivity contribution in [2.45, 2.75) is 52.1 Å². The zero-order valence-electron chi connectivity index (χ0n) is 10.9. The largest absolute Gasteiger partial charge is 0.458 e. The smallest absolute Gasteiger partial charge is 0.334 e. The van der Waals surface area contributed by atoms with Gasteiger partial charge >= 0.3 is 5.97 Å². The summed E-state index contributed by atoms with van der Waals surface area (Å²) in [4.78, 5) is 11.6. The monoisotopic (exact) mass is 234 g/mol. The molecule has 5 unspecified atom stereocenters. The van der Waals surface area contributed by atoms with E-state index in [1.807, 2.05) is 0 Å². The fourth-order valence-electron chi connectivity index (χ4n) is 4.66. The normalized spacial score (nSPS) is 49.5. The molecule has 2 nitrogen and oxygen atoms in total. The third kappa shape index (κ3) is 1.56. The predicted octanol–water partition coefficient (Wildman–Crippen LogP) is 3.32. The summed E-state index contributed by atoms with van der Waals surface area (Å²) in [7, 11) is 0. The Bertz CT molecular complexity index is 373. The first-order chi connectivity index (χ1) is 8.01. The van der Waals surface area contributed by atoms with E-state index in [4.69, 9.17) is 4.74 Å². The number of fused-ring (bicyclic) bond motifs is 2. The van der Waals surface area contributed by atoms with Gasteiger partial charge in [-0.05, 0) is 42.9 Å². The molecule has 0 spiro atoms. The van der Waals surface area contributed by atoms with E-state index in [0.29, 0.717) is 11.3 Å². The van der Waals surface area contributed by atoms with Crippen molar-refractivity contribution in [3.8, 4) is 0 Å². The van der Waals surface area contributed by atoms with Gasteiger partial charge in [0.25, 0.3) is 0 Å². The van der Waals surface area contributed by atoms with E-state index < -0.39 is 0 Å². The van der Waals surface area contributed by atoms with Gasteiger partial charge in [-0.15, -0.1) is 0 Å². The van der Waals surface area contributed by atoms with E-state index in [1.165, 1.54) is 19.3 Å². The Kier molecular flexibility index (Phi) is 2.39. The van der Waals surface area contributed by atoms with Crippen molar-refractivity contribution in [2.24, 2.45) is 23.2 Å². The van der Waals surface area contributed by atoms with Gasteiger partial charge in [0, 0.05) is 11.5 Å². The number of rotatable bonds is 0. The molecule has 1 heterocycles. The lowest BCUT2D eigenvalue weighted by Gasteiger charge is -2.34. The summed E-state index contributed by atoms with van der Waals surface area (Å²) >= 11 is 0. The van der Waals surface area contributed by atoms with E-state index in [-0.39, 0.29) is 18.0 Å². The zero-order valence-corrected chi connectivity index (χ0v) is 10.9. The van der Waals surface area contributed by atoms with Crippen LogP contribution in [-0.2, 0) is 9.53 Å². The topological polar surface area (TPSA) is 26.3 Å². The highest BCUT2D eigenvalue weighted by Crippen LogP contribution is 2.56. The first kappa shape index (κ1) is 11.3. The first-order valence-corrected chi connectivity index (χ1v) is 6.91. The zero-order chi connectivity index (χ0) is 12.2. The molecule has 1 aliphatic heterocycles. The minimum absolute atomic E-state index is 0.118. The van der Waals surface area contributed by atoms with Crippen LogP contribution in [0.4, 0.5) is 0 Å². The summed E-state index contributed by atoms with van der Waals surface area (Å²) < 4.78 is 5.50. The van der Waals surface area contributed by atoms with Gasteiger partial charge in [-0.2, -0.15) is 0 Å². The first-order valence-electron chi connectivity index (χ1n) is 6.91. The fourth-order valence-corrected chi connectivity index (χ4v) is 4.66. The van der Waals surface area contributed by atoms with Crippen molar-refractivity contribution in [1.82, 2.24) is 0 Å². The average Bonchev–Trinajstić information content (AvgIpc) is 2.73. The third-order valence-electron chi connectivity index (χ3n) is 5.55. The Morgan fingerprint density at radius 2 is 2.24 bits per heavy atom. The van der Waals surface area contributed by atoms with Crippen molar-refractivity contribution in [1.29, 1.82) is 0 Å². The maximum atomic E-state index is 11.6. The second-order valence-electron chi connectivity index (χ2n) is 6.65. The summed E-state index contributed by atoms with van der Waals surface area (Å²) in [6, 6.07) is 0. The van der Waals surface area contributed by atoms with Crippen LogP contribution in [0, 0.1) is 23.2 Å². The van der Waals surface area contributed by atoms with Crippen LogP contribution in [0.5, 0.6) is 0 Å². The van der Waals surface area contributed by atoms with Gasteiger partial charge in [-0.3, -0.25) is 0 Å². The van der Waals surface area contributed by atoms with Crippen molar-refractivity contribution < 1.29 is 9.53 Å². The second-order valence-corrected chi connectivity index (χ2v) is 6.65.